The number of hydrogen-bond donors (Lipinski definition) is 0. The molecule has 1 aromatic carbocycles. The second kappa shape index (κ2) is 6.51. The molecule has 18 heavy (non-hydrogen) atoms. The molecule has 0 saturated carbocycles. The zero-order chi connectivity index (χ0) is 13.0. The standard InChI is InChI=1S/C15H15BrOSe/c1-11(16)10-12-6-5-9-14(15(12)17)18-13-7-3-2-4-8-13/h2-4,6-8,14H,1,5,9-10H2. The van der Waals surface area contributed by atoms with Gasteiger partial charge in [-0.15, -0.1) is 0 Å². The van der Waals surface area contributed by atoms with E-state index in [0.29, 0.717) is 12.2 Å². The van der Waals surface area contributed by atoms with Gasteiger partial charge in [-0.25, -0.2) is 0 Å². The Hall–Kier alpha value is -0.631. The monoisotopic (exact) mass is 370 g/mol. The average Bonchev–Trinajstić information content (AvgIpc) is 2.35. The minimum atomic E-state index is 0.201. The van der Waals surface area contributed by atoms with Crippen LogP contribution in [0.5, 0.6) is 0 Å². The van der Waals surface area contributed by atoms with Gasteiger partial charge in [0.05, 0.1) is 0 Å². The van der Waals surface area contributed by atoms with Crippen molar-refractivity contribution in [3.63, 3.8) is 0 Å². The van der Waals surface area contributed by atoms with Gasteiger partial charge in [0.1, 0.15) is 0 Å². The van der Waals surface area contributed by atoms with Crippen molar-refractivity contribution in [2.45, 2.75) is 24.1 Å². The molecule has 0 spiro atoms. The first kappa shape index (κ1) is 13.8. The summed E-state index contributed by atoms with van der Waals surface area (Å²) in [5, 5.41) is 0. The van der Waals surface area contributed by atoms with Crippen LogP contribution in [0.15, 0.2) is 53.0 Å². The molecule has 1 aromatic rings. The summed E-state index contributed by atoms with van der Waals surface area (Å²) in [5.41, 5.74) is 0.936. The van der Waals surface area contributed by atoms with Gasteiger partial charge in [-0.05, 0) is 0 Å². The molecule has 1 unspecified atom stereocenters. The van der Waals surface area contributed by atoms with E-state index in [9.17, 15) is 4.79 Å². The molecule has 1 aliphatic carbocycles. The first-order chi connectivity index (χ1) is 8.66. The molecule has 1 aliphatic rings. The Labute approximate surface area is 123 Å². The van der Waals surface area contributed by atoms with Crippen LogP contribution in [0, 0.1) is 0 Å². The van der Waals surface area contributed by atoms with Crippen LogP contribution in [-0.2, 0) is 4.79 Å². The SMILES string of the molecule is C=C(Br)CC1=CCCC([Se]c2ccccc2)C1=O. The van der Waals surface area contributed by atoms with Crippen LogP contribution in [0.4, 0.5) is 0 Å². The summed E-state index contributed by atoms with van der Waals surface area (Å²) in [6.07, 6.45) is 4.75. The van der Waals surface area contributed by atoms with Crippen molar-refractivity contribution < 1.29 is 4.79 Å². The molecule has 0 radical (unpaired) electrons. The average molecular weight is 370 g/mol. The van der Waals surface area contributed by atoms with Crippen LogP contribution < -0.4 is 4.46 Å². The van der Waals surface area contributed by atoms with E-state index in [1.54, 1.807) is 0 Å². The van der Waals surface area contributed by atoms with Crippen LogP contribution in [0.1, 0.15) is 19.3 Å². The molecule has 3 heteroatoms. The molecule has 0 bridgehead atoms. The van der Waals surface area contributed by atoms with Crippen molar-refractivity contribution in [1.82, 2.24) is 0 Å². The second-order valence-electron chi connectivity index (χ2n) is 4.28. The van der Waals surface area contributed by atoms with E-state index >= 15 is 0 Å². The van der Waals surface area contributed by atoms with Crippen molar-refractivity contribution in [2.24, 2.45) is 0 Å². The van der Waals surface area contributed by atoms with Gasteiger partial charge in [0.25, 0.3) is 0 Å². The van der Waals surface area contributed by atoms with E-state index in [-0.39, 0.29) is 19.8 Å². The Morgan fingerprint density at radius 3 is 2.78 bits per heavy atom. The number of benzene rings is 1. The fourth-order valence-corrected chi connectivity index (χ4v) is 4.71. The van der Waals surface area contributed by atoms with E-state index in [0.717, 1.165) is 22.9 Å². The molecule has 2 rings (SSSR count). The number of carbonyl (C=O) groups excluding carboxylic acids is 1. The van der Waals surface area contributed by atoms with Crippen molar-refractivity contribution in [2.75, 3.05) is 0 Å². The van der Waals surface area contributed by atoms with Gasteiger partial charge in [0.15, 0.2) is 0 Å². The summed E-state index contributed by atoms with van der Waals surface area (Å²) in [7, 11) is 0. The van der Waals surface area contributed by atoms with Gasteiger partial charge in [-0.2, -0.15) is 0 Å². The van der Waals surface area contributed by atoms with Gasteiger partial charge >= 0.3 is 123 Å². The predicted molar refractivity (Wildman–Crippen MR) is 80.6 cm³/mol. The van der Waals surface area contributed by atoms with E-state index < -0.39 is 0 Å². The Kier molecular flexibility index (Phi) is 4.99. The van der Waals surface area contributed by atoms with Crippen LogP contribution in [-0.4, -0.2) is 20.7 Å². The zero-order valence-corrected chi connectivity index (χ0v) is 13.4. The summed E-state index contributed by atoms with van der Waals surface area (Å²) in [5.74, 6) is 0.325. The van der Waals surface area contributed by atoms with Gasteiger partial charge < -0.3 is 0 Å². The predicted octanol–water partition coefficient (Wildman–Crippen LogP) is 3.39. The molecular formula is C15H15BrOSe. The Morgan fingerprint density at radius 1 is 1.39 bits per heavy atom. The van der Waals surface area contributed by atoms with Gasteiger partial charge in [0, 0.05) is 0 Å². The maximum atomic E-state index is 12.4. The summed E-state index contributed by atoms with van der Waals surface area (Å²) in [6.45, 7) is 3.82. The minimum absolute atomic E-state index is 0.201. The van der Waals surface area contributed by atoms with E-state index in [1.807, 2.05) is 18.2 Å². The summed E-state index contributed by atoms with van der Waals surface area (Å²) >= 11 is 3.58. The third-order valence-corrected chi connectivity index (χ3v) is 5.80. The molecular weight excluding hydrogens is 355 g/mol. The first-order valence-corrected chi connectivity index (χ1v) is 8.59. The molecule has 1 atom stereocenters. The number of rotatable bonds is 4. The third-order valence-electron chi connectivity index (χ3n) is 2.83. The Morgan fingerprint density at radius 2 is 2.11 bits per heavy atom. The Balaban J connectivity index is 2.05. The molecule has 0 fully saturated rings. The number of Topliss-reactive ketones (excluding diaryl/α,β-unsaturated/α-hetero) is 1. The number of ketones is 1. The summed E-state index contributed by atoms with van der Waals surface area (Å²) < 4.78 is 2.19. The quantitative estimate of drug-likeness (QED) is 0.743. The second-order valence-corrected chi connectivity index (χ2v) is 8.08. The van der Waals surface area contributed by atoms with Crippen molar-refractivity contribution >= 4 is 41.1 Å². The normalized spacial score (nSPS) is 19.5. The van der Waals surface area contributed by atoms with Crippen LogP contribution in [0.25, 0.3) is 0 Å². The van der Waals surface area contributed by atoms with E-state index in [1.165, 1.54) is 4.46 Å². The van der Waals surface area contributed by atoms with Crippen LogP contribution in [0.3, 0.4) is 0 Å². The van der Waals surface area contributed by atoms with E-state index in [4.69, 9.17) is 0 Å². The molecule has 0 heterocycles. The molecule has 0 aromatic heterocycles. The van der Waals surface area contributed by atoms with Crippen LogP contribution >= 0.6 is 15.9 Å². The fraction of sp³-hybridized carbons (Fsp3) is 0.267. The first-order valence-electron chi connectivity index (χ1n) is 5.95. The Bertz CT molecular complexity index is 479. The zero-order valence-electron chi connectivity index (χ0n) is 10.1. The molecule has 0 amide bonds. The third kappa shape index (κ3) is 3.68. The number of allylic oxidation sites excluding steroid dienone is 3. The number of halogens is 1. The van der Waals surface area contributed by atoms with Gasteiger partial charge in [-0.3, -0.25) is 0 Å². The van der Waals surface area contributed by atoms with Crippen LogP contribution in [0.2, 0.25) is 4.82 Å². The molecule has 0 saturated heterocycles. The topological polar surface area (TPSA) is 17.1 Å². The number of carbonyl (C=O) groups is 1. The number of hydrogen-bond acceptors (Lipinski definition) is 1. The molecule has 94 valence electrons. The maximum absolute atomic E-state index is 12.4. The summed E-state index contributed by atoms with van der Waals surface area (Å²) in [6, 6.07) is 10.3. The van der Waals surface area contributed by atoms with Gasteiger partial charge in [-0.1, -0.05) is 0 Å². The molecule has 0 aliphatic heterocycles. The molecule has 0 N–H and O–H groups in total. The molecule has 1 nitrogen and oxygen atoms in total. The van der Waals surface area contributed by atoms with E-state index in [2.05, 4.69) is 40.7 Å². The van der Waals surface area contributed by atoms with Gasteiger partial charge in [0.2, 0.25) is 0 Å². The van der Waals surface area contributed by atoms with Crippen molar-refractivity contribution in [1.29, 1.82) is 0 Å². The van der Waals surface area contributed by atoms with Crippen molar-refractivity contribution in [3.8, 4) is 0 Å². The van der Waals surface area contributed by atoms with Crippen molar-refractivity contribution in [3.05, 3.63) is 53.0 Å². The summed E-state index contributed by atoms with van der Waals surface area (Å²) in [4.78, 5) is 12.6. The fourth-order valence-electron chi connectivity index (χ4n) is 1.99.